The molecule has 2 N–H and O–H groups in total. The van der Waals surface area contributed by atoms with Gasteiger partial charge >= 0.3 is 0 Å². The van der Waals surface area contributed by atoms with Gasteiger partial charge in [0.15, 0.2) is 5.96 Å². The molecule has 2 aliphatic rings. The van der Waals surface area contributed by atoms with Crippen LogP contribution in [0.4, 0.5) is 0 Å². The van der Waals surface area contributed by atoms with Crippen molar-refractivity contribution >= 4 is 23.5 Å². The van der Waals surface area contributed by atoms with Crippen LogP contribution in [0.3, 0.4) is 0 Å². The van der Waals surface area contributed by atoms with Crippen LogP contribution in [-0.2, 0) is 16.1 Å². The largest absolute Gasteiger partial charge is 0.375 e. The third kappa shape index (κ3) is 6.11. The van der Waals surface area contributed by atoms with E-state index in [0.29, 0.717) is 25.7 Å². The Bertz CT molecular complexity index is 676. The van der Waals surface area contributed by atoms with Crippen molar-refractivity contribution in [2.75, 3.05) is 33.3 Å². The first-order valence-corrected chi connectivity index (χ1v) is 10.6. The normalized spacial score (nSPS) is 20.6. The zero-order valence-electron chi connectivity index (χ0n) is 16.6. The molecule has 1 atom stereocenters. The number of nitrogens with zero attached hydrogens (tertiary/aromatic N) is 2. The van der Waals surface area contributed by atoms with Gasteiger partial charge in [-0.3, -0.25) is 9.79 Å². The Kier molecular flexibility index (Phi) is 7.98. The zero-order valence-corrected chi connectivity index (χ0v) is 17.4. The molecule has 0 radical (unpaired) electrons. The summed E-state index contributed by atoms with van der Waals surface area (Å²) in [4.78, 5) is 18.9. The summed E-state index contributed by atoms with van der Waals surface area (Å²) in [6.45, 7) is 3.38. The molecule has 1 aromatic carbocycles. The Morgan fingerprint density at radius 1 is 1.32 bits per heavy atom. The lowest BCUT2D eigenvalue weighted by atomic mass is 10.1. The molecule has 0 aromatic heterocycles. The van der Waals surface area contributed by atoms with E-state index < -0.39 is 0 Å². The second-order valence-corrected chi connectivity index (χ2v) is 8.01. The van der Waals surface area contributed by atoms with Gasteiger partial charge in [-0.15, -0.1) is 0 Å². The molecule has 0 bridgehead atoms. The van der Waals surface area contributed by atoms with Crippen LogP contribution in [0.2, 0.25) is 5.02 Å². The lowest BCUT2D eigenvalue weighted by molar-refractivity contribution is -0.134. The highest BCUT2D eigenvalue weighted by molar-refractivity contribution is 6.30. The van der Waals surface area contributed by atoms with E-state index in [-0.39, 0.29) is 12.0 Å². The summed E-state index contributed by atoms with van der Waals surface area (Å²) in [6.07, 6.45) is 5.48. The average molecular weight is 407 g/mol. The molecular formula is C21H31ClN4O2. The van der Waals surface area contributed by atoms with E-state index in [9.17, 15) is 4.79 Å². The van der Waals surface area contributed by atoms with Crippen LogP contribution in [0, 0.1) is 5.92 Å². The standard InChI is InChI=1S/C21H31ClN4O2/c1-23-21(24-10-12-28-15-16-5-4-8-18(22)13-16)25-19-9-11-26(14-19)20(27)17-6-2-3-7-17/h4-5,8,13,17,19H,2-3,6-7,9-12,14-15H2,1H3,(H2,23,24,25). The van der Waals surface area contributed by atoms with Gasteiger partial charge in [0, 0.05) is 43.7 Å². The average Bonchev–Trinajstić information content (AvgIpc) is 3.38. The maximum Gasteiger partial charge on any atom is 0.225 e. The van der Waals surface area contributed by atoms with Crippen molar-refractivity contribution in [2.45, 2.75) is 44.8 Å². The monoisotopic (exact) mass is 406 g/mol. The fraction of sp³-hybridized carbons (Fsp3) is 0.619. The number of rotatable bonds is 7. The molecule has 6 nitrogen and oxygen atoms in total. The smallest absolute Gasteiger partial charge is 0.225 e. The SMILES string of the molecule is CN=C(NCCOCc1cccc(Cl)c1)NC1CCN(C(=O)C2CCCC2)C1. The van der Waals surface area contributed by atoms with Crippen molar-refractivity contribution in [1.82, 2.24) is 15.5 Å². The van der Waals surface area contributed by atoms with Gasteiger partial charge in [-0.1, -0.05) is 36.6 Å². The maximum atomic E-state index is 12.6. The molecule has 1 heterocycles. The number of hydrogen-bond acceptors (Lipinski definition) is 3. The number of nitrogens with one attached hydrogen (secondary N) is 2. The van der Waals surface area contributed by atoms with E-state index in [4.69, 9.17) is 16.3 Å². The molecule has 0 spiro atoms. The fourth-order valence-electron chi connectivity index (χ4n) is 3.96. The van der Waals surface area contributed by atoms with E-state index in [1.165, 1.54) is 12.8 Å². The van der Waals surface area contributed by atoms with E-state index in [1.807, 2.05) is 29.2 Å². The first-order valence-electron chi connectivity index (χ1n) is 10.2. The number of carbonyl (C=O) groups excluding carboxylic acids is 1. The summed E-state index contributed by atoms with van der Waals surface area (Å²) < 4.78 is 5.69. The number of aliphatic imine (C=N–C) groups is 1. The van der Waals surface area contributed by atoms with Crippen molar-refractivity contribution in [2.24, 2.45) is 10.9 Å². The highest BCUT2D eigenvalue weighted by atomic mass is 35.5. The number of guanidine groups is 1. The fourth-order valence-corrected chi connectivity index (χ4v) is 4.17. The molecule has 1 aromatic rings. The van der Waals surface area contributed by atoms with Crippen LogP contribution >= 0.6 is 11.6 Å². The van der Waals surface area contributed by atoms with E-state index in [2.05, 4.69) is 15.6 Å². The van der Waals surface area contributed by atoms with Crippen LogP contribution in [-0.4, -0.2) is 56.1 Å². The van der Waals surface area contributed by atoms with Gasteiger partial charge in [0.2, 0.25) is 5.91 Å². The van der Waals surface area contributed by atoms with Crippen molar-refractivity contribution in [1.29, 1.82) is 0 Å². The number of amides is 1. The third-order valence-electron chi connectivity index (χ3n) is 5.47. The summed E-state index contributed by atoms with van der Waals surface area (Å²) >= 11 is 5.98. The van der Waals surface area contributed by atoms with E-state index >= 15 is 0 Å². The van der Waals surface area contributed by atoms with Crippen LogP contribution in [0.25, 0.3) is 0 Å². The van der Waals surface area contributed by atoms with Crippen LogP contribution in [0.1, 0.15) is 37.7 Å². The van der Waals surface area contributed by atoms with Crippen molar-refractivity contribution in [3.05, 3.63) is 34.9 Å². The van der Waals surface area contributed by atoms with E-state index in [0.717, 1.165) is 48.9 Å². The molecular weight excluding hydrogens is 376 g/mol. The Balaban J connectivity index is 1.33. The maximum absolute atomic E-state index is 12.6. The topological polar surface area (TPSA) is 66.0 Å². The first kappa shape index (κ1) is 20.9. The minimum absolute atomic E-state index is 0.254. The van der Waals surface area contributed by atoms with Gasteiger partial charge in [0.1, 0.15) is 0 Å². The lowest BCUT2D eigenvalue weighted by Crippen LogP contribution is -2.46. The summed E-state index contributed by atoms with van der Waals surface area (Å²) in [5, 5.41) is 7.43. The lowest BCUT2D eigenvalue weighted by Gasteiger charge is -2.21. The molecule has 1 aliphatic carbocycles. The molecule has 1 aliphatic heterocycles. The number of carbonyl (C=O) groups is 1. The zero-order chi connectivity index (χ0) is 19.8. The Hall–Kier alpha value is -1.79. The molecule has 1 saturated heterocycles. The second-order valence-electron chi connectivity index (χ2n) is 7.58. The van der Waals surface area contributed by atoms with Gasteiger partial charge in [0.05, 0.1) is 13.2 Å². The molecule has 154 valence electrons. The van der Waals surface area contributed by atoms with Crippen molar-refractivity contribution in [3.8, 4) is 0 Å². The minimum atomic E-state index is 0.254. The summed E-state index contributed by atoms with van der Waals surface area (Å²) in [5.74, 6) is 1.36. The number of hydrogen-bond donors (Lipinski definition) is 2. The molecule has 2 fully saturated rings. The molecule has 7 heteroatoms. The number of ether oxygens (including phenoxy) is 1. The molecule has 3 rings (SSSR count). The highest BCUT2D eigenvalue weighted by Crippen LogP contribution is 2.27. The van der Waals surface area contributed by atoms with Crippen LogP contribution in [0.15, 0.2) is 29.3 Å². The van der Waals surface area contributed by atoms with Gasteiger partial charge < -0.3 is 20.3 Å². The summed E-state index contributed by atoms with van der Waals surface area (Å²) in [5.41, 5.74) is 1.06. The number of halogens is 1. The first-order chi connectivity index (χ1) is 13.7. The second kappa shape index (κ2) is 10.7. The van der Waals surface area contributed by atoms with Gasteiger partial charge in [-0.25, -0.2) is 0 Å². The predicted octanol–water partition coefficient (Wildman–Crippen LogP) is 2.81. The van der Waals surface area contributed by atoms with Crippen LogP contribution < -0.4 is 10.6 Å². The third-order valence-corrected chi connectivity index (χ3v) is 5.70. The quantitative estimate of drug-likeness (QED) is 0.415. The Morgan fingerprint density at radius 3 is 2.89 bits per heavy atom. The molecule has 1 unspecified atom stereocenters. The number of benzene rings is 1. The highest BCUT2D eigenvalue weighted by Gasteiger charge is 2.32. The van der Waals surface area contributed by atoms with Gasteiger partial charge in [-0.2, -0.15) is 0 Å². The molecule has 28 heavy (non-hydrogen) atoms. The van der Waals surface area contributed by atoms with Crippen molar-refractivity contribution in [3.63, 3.8) is 0 Å². The van der Waals surface area contributed by atoms with Crippen molar-refractivity contribution < 1.29 is 9.53 Å². The number of likely N-dealkylation sites (tertiary alicyclic amines) is 1. The molecule has 1 amide bonds. The Morgan fingerprint density at radius 2 is 2.14 bits per heavy atom. The Labute approximate surface area is 172 Å². The van der Waals surface area contributed by atoms with Gasteiger partial charge in [-0.05, 0) is 37.0 Å². The van der Waals surface area contributed by atoms with Gasteiger partial charge in [0.25, 0.3) is 0 Å². The minimum Gasteiger partial charge on any atom is -0.375 e. The summed E-state index contributed by atoms with van der Waals surface area (Å²) in [7, 11) is 1.76. The van der Waals surface area contributed by atoms with E-state index in [1.54, 1.807) is 7.05 Å². The van der Waals surface area contributed by atoms with Crippen LogP contribution in [0.5, 0.6) is 0 Å². The predicted molar refractivity (Wildman–Crippen MR) is 113 cm³/mol. The summed E-state index contributed by atoms with van der Waals surface area (Å²) in [6, 6.07) is 7.94. The molecule has 1 saturated carbocycles.